The van der Waals surface area contributed by atoms with Crippen LogP contribution in [0.5, 0.6) is 11.5 Å². The Morgan fingerprint density at radius 2 is 1.69 bits per heavy atom. The number of hydrogen-bond acceptors (Lipinski definition) is 12. The Morgan fingerprint density at radius 3 is 2.33 bits per heavy atom. The van der Waals surface area contributed by atoms with Crippen molar-refractivity contribution in [3.8, 4) is 11.5 Å². The summed E-state index contributed by atoms with van der Waals surface area (Å²) < 4.78 is 26.2. The molecule has 0 aliphatic carbocycles. The van der Waals surface area contributed by atoms with Gasteiger partial charge in [0.05, 0.1) is 31.6 Å². The number of esters is 1. The number of carbonyl (C=O) groups excluding carboxylic acids is 1. The van der Waals surface area contributed by atoms with Crippen LogP contribution in [-0.2, 0) is 19.1 Å². The minimum Gasteiger partial charge on any atom is -0.496 e. The number of rotatable bonds is 11. The SMILES string of the molecule is COc1cc(/C=C/c2ccc(O[C@@H]3O[C@H](COC(=O)CC(C)(O)CC(=O)O)[C@@H](O)[C@H](O)[C@H]3O)cc2)oc(=O)c1. The Kier molecular flexibility index (Phi) is 9.83. The largest absolute Gasteiger partial charge is 0.496 e. The molecular formula is C26H30O13. The number of aliphatic hydroxyl groups is 4. The minimum absolute atomic E-state index is 0.244. The van der Waals surface area contributed by atoms with E-state index in [4.69, 9.17) is 28.5 Å². The molecule has 1 unspecified atom stereocenters. The molecule has 0 spiro atoms. The van der Waals surface area contributed by atoms with Crippen molar-refractivity contribution in [2.75, 3.05) is 13.7 Å². The summed E-state index contributed by atoms with van der Waals surface area (Å²) in [5.74, 6) is -1.38. The molecule has 1 aromatic carbocycles. The summed E-state index contributed by atoms with van der Waals surface area (Å²) in [7, 11) is 1.43. The molecule has 13 nitrogen and oxygen atoms in total. The molecule has 3 rings (SSSR count). The highest BCUT2D eigenvalue weighted by molar-refractivity contribution is 5.73. The minimum atomic E-state index is -1.85. The fourth-order valence-corrected chi connectivity index (χ4v) is 3.72. The van der Waals surface area contributed by atoms with Crippen LogP contribution in [0.15, 0.2) is 45.6 Å². The molecule has 0 saturated carbocycles. The molecule has 1 fully saturated rings. The lowest BCUT2D eigenvalue weighted by Gasteiger charge is -2.40. The third kappa shape index (κ3) is 8.63. The van der Waals surface area contributed by atoms with Crippen LogP contribution in [0.3, 0.4) is 0 Å². The van der Waals surface area contributed by atoms with Crippen molar-refractivity contribution in [1.29, 1.82) is 0 Å². The van der Waals surface area contributed by atoms with E-state index in [2.05, 4.69) is 0 Å². The average molecular weight is 551 g/mol. The van der Waals surface area contributed by atoms with Gasteiger partial charge in [0.25, 0.3) is 0 Å². The van der Waals surface area contributed by atoms with Gasteiger partial charge in [0.15, 0.2) is 0 Å². The third-order valence-corrected chi connectivity index (χ3v) is 5.71. The van der Waals surface area contributed by atoms with Gasteiger partial charge in [-0.15, -0.1) is 0 Å². The van der Waals surface area contributed by atoms with Crippen LogP contribution in [0.1, 0.15) is 31.1 Å². The number of hydrogen-bond donors (Lipinski definition) is 5. The van der Waals surface area contributed by atoms with Gasteiger partial charge in [-0.1, -0.05) is 18.2 Å². The van der Waals surface area contributed by atoms with Crippen LogP contribution in [-0.4, -0.2) is 87.5 Å². The van der Waals surface area contributed by atoms with Crippen LogP contribution in [0.25, 0.3) is 12.2 Å². The number of carboxylic acid groups (broad SMARTS) is 1. The fraction of sp³-hybridized carbons (Fsp3) is 0.423. The summed E-state index contributed by atoms with van der Waals surface area (Å²) in [6, 6.07) is 9.18. The molecule has 6 atom stereocenters. The van der Waals surface area contributed by atoms with Gasteiger partial charge in [-0.3, -0.25) is 9.59 Å². The molecular weight excluding hydrogens is 520 g/mol. The zero-order chi connectivity index (χ0) is 28.7. The lowest BCUT2D eigenvalue weighted by atomic mass is 9.98. The molecule has 1 aromatic heterocycles. The van der Waals surface area contributed by atoms with E-state index < -0.39 is 73.3 Å². The second-order valence-corrected chi connectivity index (χ2v) is 9.18. The Balaban J connectivity index is 1.60. The first-order valence-corrected chi connectivity index (χ1v) is 11.8. The van der Waals surface area contributed by atoms with Gasteiger partial charge >= 0.3 is 17.6 Å². The lowest BCUT2D eigenvalue weighted by molar-refractivity contribution is -0.278. The predicted molar refractivity (Wildman–Crippen MR) is 133 cm³/mol. The number of aliphatic hydroxyl groups excluding tert-OH is 3. The topological polar surface area (TPSA) is 202 Å². The van der Waals surface area contributed by atoms with Gasteiger partial charge in [-0.2, -0.15) is 0 Å². The van der Waals surface area contributed by atoms with Gasteiger partial charge in [0.1, 0.15) is 48.3 Å². The fourth-order valence-electron chi connectivity index (χ4n) is 3.72. The summed E-state index contributed by atoms with van der Waals surface area (Å²) in [4.78, 5) is 34.4. The van der Waals surface area contributed by atoms with Crippen molar-refractivity contribution < 1.29 is 58.5 Å². The van der Waals surface area contributed by atoms with E-state index >= 15 is 0 Å². The summed E-state index contributed by atoms with van der Waals surface area (Å²) >= 11 is 0. The molecule has 0 bridgehead atoms. The van der Waals surface area contributed by atoms with Crippen molar-refractivity contribution >= 4 is 24.1 Å². The summed E-state index contributed by atoms with van der Waals surface area (Å²) in [6.07, 6.45) is -5.76. The van der Waals surface area contributed by atoms with Gasteiger partial charge in [0, 0.05) is 6.07 Å². The van der Waals surface area contributed by atoms with Crippen LogP contribution in [0, 0.1) is 0 Å². The van der Waals surface area contributed by atoms with Gasteiger partial charge in [0.2, 0.25) is 6.29 Å². The molecule has 13 heteroatoms. The third-order valence-electron chi connectivity index (χ3n) is 5.71. The molecule has 39 heavy (non-hydrogen) atoms. The summed E-state index contributed by atoms with van der Waals surface area (Å²) in [6.45, 7) is 0.604. The smallest absolute Gasteiger partial charge is 0.339 e. The molecule has 2 heterocycles. The molecule has 212 valence electrons. The van der Waals surface area contributed by atoms with E-state index in [1.54, 1.807) is 42.5 Å². The molecule has 1 saturated heterocycles. The monoisotopic (exact) mass is 550 g/mol. The Bertz CT molecular complexity index is 1220. The number of methoxy groups -OCH3 is 1. The Hall–Kier alpha value is -3.75. The zero-order valence-electron chi connectivity index (χ0n) is 21.1. The highest BCUT2D eigenvalue weighted by Crippen LogP contribution is 2.26. The Morgan fingerprint density at radius 1 is 1.00 bits per heavy atom. The second kappa shape index (κ2) is 12.9. The number of carboxylic acids is 1. The van der Waals surface area contributed by atoms with Crippen molar-refractivity contribution in [2.45, 2.75) is 56.1 Å². The molecule has 1 aliphatic rings. The first kappa shape index (κ1) is 29.8. The van der Waals surface area contributed by atoms with Crippen LogP contribution in [0.2, 0.25) is 0 Å². The van der Waals surface area contributed by atoms with E-state index in [1.807, 2.05) is 0 Å². The highest BCUT2D eigenvalue weighted by atomic mass is 16.7. The quantitative estimate of drug-likeness (QED) is 0.237. The number of benzene rings is 1. The average Bonchev–Trinajstić information content (AvgIpc) is 2.86. The molecule has 5 N–H and O–H groups in total. The van der Waals surface area contributed by atoms with Crippen molar-refractivity contribution in [2.24, 2.45) is 0 Å². The van der Waals surface area contributed by atoms with Gasteiger partial charge in [-0.05, 0) is 30.7 Å². The van der Waals surface area contributed by atoms with E-state index in [0.717, 1.165) is 6.92 Å². The Labute approximate surface area is 222 Å². The molecule has 0 radical (unpaired) electrons. The van der Waals surface area contributed by atoms with Crippen molar-refractivity contribution in [3.05, 3.63) is 58.1 Å². The van der Waals surface area contributed by atoms with Crippen LogP contribution in [0.4, 0.5) is 0 Å². The maximum Gasteiger partial charge on any atom is 0.339 e. The summed E-state index contributed by atoms with van der Waals surface area (Å²) in [5.41, 5.74) is -1.70. The van der Waals surface area contributed by atoms with E-state index in [-0.39, 0.29) is 11.5 Å². The maximum absolute atomic E-state index is 12.0. The predicted octanol–water partition coefficient (Wildman–Crippen LogP) is 0.164. The lowest BCUT2D eigenvalue weighted by Crippen LogP contribution is -2.60. The number of ether oxygens (including phenoxy) is 4. The maximum atomic E-state index is 12.0. The molecule has 0 amide bonds. The van der Waals surface area contributed by atoms with E-state index in [1.165, 1.54) is 13.2 Å². The zero-order valence-corrected chi connectivity index (χ0v) is 21.1. The molecule has 2 aromatic rings. The van der Waals surface area contributed by atoms with Crippen LogP contribution >= 0.6 is 0 Å². The van der Waals surface area contributed by atoms with Gasteiger partial charge < -0.3 is 48.9 Å². The van der Waals surface area contributed by atoms with Crippen molar-refractivity contribution in [1.82, 2.24) is 0 Å². The highest BCUT2D eigenvalue weighted by Gasteiger charge is 2.45. The van der Waals surface area contributed by atoms with Crippen LogP contribution < -0.4 is 15.1 Å². The number of aliphatic carboxylic acids is 1. The number of carbonyl (C=O) groups is 2. The van der Waals surface area contributed by atoms with E-state index in [0.29, 0.717) is 11.3 Å². The summed E-state index contributed by atoms with van der Waals surface area (Å²) in [5, 5.41) is 49.6. The van der Waals surface area contributed by atoms with Crippen molar-refractivity contribution in [3.63, 3.8) is 0 Å². The second-order valence-electron chi connectivity index (χ2n) is 9.18. The first-order chi connectivity index (χ1) is 18.4. The first-order valence-electron chi connectivity index (χ1n) is 11.8. The molecule has 1 aliphatic heterocycles. The van der Waals surface area contributed by atoms with Gasteiger partial charge in [-0.25, -0.2) is 4.79 Å². The normalized spacial score (nSPS) is 24.6. The van der Waals surface area contributed by atoms with E-state index in [9.17, 15) is 34.8 Å². The standard InChI is InChI=1S/C26H30O13/c1-26(34,11-19(27)28)12-21(30)36-13-18-22(31)23(32)24(33)25(39-18)38-15-6-3-14(4-7-15)5-8-16-9-17(35-2)10-20(29)37-16/h3-10,18,22-25,31-34H,11-13H2,1-2H3,(H,27,28)/b8-5+/t18-,22-,23+,24-,25-,26?/m1/s1.